The fraction of sp³-hybridized carbons (Fsp3) is 0.207. The van der Waals surface area contributed by atoms with E-state index in [0.717, 1.165) is 34.2 Å². The van der Waals surface area contributed by atoms with Gasteiger partial charge in [-0.15, -0.1) is 0 Å². The van der Waals surface area contributed by atoms with Crippen LogP contribution in [0.5, 0.6) is 0 Å². The second kappa shape index (κ2) is 10.7. The molecular weight excluding hydrogens is 362 g/mol. The number of nitrogens with zero attached hydrogens (tertiary/aromatic N) is 1. The van der Waals surface area contributed by atoms with Gasteiger partial charge < -0.3 is 0 Å². The van der Waals surface area contributed by atoms with Crippen molar-refractivity contribution in [2.75, 3.05) is 0 Å². The molecule has 1 nitrogen and oxygen atoms in total. The van der Waals surface area contributed by atoms with Crippen molar-refractivity contribution in [3.05, 3.63) is 106 Å². The van der Waals surface area contributed by atoms with Crippen LogP contribution in [0.25, 0.3) is 0 Å². The summed E-state index contributed by atoms with van der Waals surface area (Å²) < 4.78 is 0. The SMILES string of the molecule is CCCCCc1ccc(C#Cc2ccc(C#Cc3ccccc3C#N)c(C)c2)cc1. The zero-order valence-corrected chi connectivity index (χ0v) is 17.6. The Morgan fingerprint density at radius 2 is 1.37 bits per heavy atom. The van der Waals surface area contributed by atoms with Crippen molar-refractivity contribution in [2.24, 2.45) is 0 Å². The molecule has 0 bridgehead atoms. The lowest BCUT2D eigenvalue weighted by Crippen LogP contribution is -1.87. The number of hydrogen-bond donors (Lipinski definition) is 0. The summed E-state index contributed by atoms with van der Waals surface area (Å²) in [5.74, 6) is 12.8. The highest BCUT2D eigenvalue weighted by Crippen LogP contribution is 2.12. The highest BCUT2D eigenvalue weighted by atomic mass is 14.2. The first-order chi connectivity index (χ1) is 14.7. The van der Waals surface area contributed by atoms with Gasteiger partial charge in [0, 0.05) is 22.3 Å². The van der Waals surface area contributed by atoms with Crippen LogP contribution in [0.2, 0.25) is 0 Å². The minimum absolute atomic E-state index is 0.599. The lowest BCUT2D eigenvalue weighted by molar-refractivity contribution is 0.717. The summed E-state index contributed by atoms with van der Waals surface area (Å²) in [7, 11) is 0. The van der Waals surface area contributed by atoms with E-state index in [9.17, 15) is 5.26 Å². The van der Waals surface area contributed by atoms with Crippen molar-refractivity contribution >= 4 is 0 Å². The number of rotatable bonds is 4. The van der Waals surface area contributed by atoms with Gasteiger partial charge >= 0.3 is 0 Å². The van der Waals surface area contributed by atoms with Crippen molar-refractivity contribution in [3.63, 3.8) is 0 Å². The monoisotopic (exact) mass is 387 g/mol. The Morgan fingerprint density at radius 3 is 2.07 bits per heavy atom. The molecular formula is C29H25N. The van der Waals surface area contributed by atoms with Crippen LogP contribution in [0.4, 0.5) is 0 Å². The number of benzene rings is 3. The second-order valence-corrected chi connectivity index (χ2v) is 7.34. The van der Waals surface area contributed by atoms with Gasteiger partial charge in [-0.1, -0.05) is 67.7 Å². The van der Waals surface area contributed by atoms with Crippen molar-refractivity contribution in [1.29, 1.82) is 5.26 Å². The fourth-order valence-corrected chi connectivity index (χ4v) is 3.18. The molecule has 0 N–H and O–H groups in total. The molecule has 0 saturated heterocycles. The first-order valence-corrected chi connectivity index (χ1v) is 10.4. The molecule has 3 aromatic rings. The Bertz CT molecular complexity index is 1170. The van der Waals surface area contributed by atoms with Gasteiger partial charge in [-0.05, 0) is 73.4 Å². The standard InChI is InChI=1S/C29H25N/c1-3-4-5-8-24-11-13-25(14-12-24)15-16-26-17-18-27(23(2)21-26)19-20-28-9-6-7-10-29(28)22-30/h6-7,9-14,17-18,21H,3-5,8H2,1-2H3. The summed E-state index contributed by atoms with van der Waals surface area (Å²) >= 11 is 0. The number of nitriles is 1. The van der Waals surface area contributed by atoms with Gasteiger partial charge in [0.2, 0.25) is 0 Å². The average Bonchev–Trinajstić information content (AvgIpc) is 2.78. The average molecular weight is 388 g/mol. The Kier molecular flexibility index (Phi) is 7.50. The lowest BCUT2D eigenvalue weighted by Gasteiger charge is -2.01. The molecule has 0 aromatic heterocycles. The van der Waals surface area contributed by atoms with E-state index < -0.39 is 0 Å². The highest BCUT2D eigenvalue weighted by molar-refractivity contribution is 5.54. The van der Waals surface area contributed by atoms with Gasteiger partial charge in [0.1, 0.15) is 6.07 Å². The second-order valence-electron chi connectivity index (χ2n) is 7.34. The molecule has 30 heavy (non-hydrogen) atoms. The van der Waals surface area contributed by atoms with Gasteiger partial charge in [0.15, 0.2) is 0 Å². The van der Waals surface area contributed by atoms with Gasteiger partial charge in [-0.25, -0.2) is 0 Å². The Hall–Kier alpha value is -3.73. The molecule has 0 unspecified atom stereocenters. The minimum Gasteiger partial charge on any atom is -0.192 e. The molecule has 1 heteroatoms. The van der Waals surface area contributed by atoms with E-state index in [1.54, 1.807) is 6.07 Å². The Balaban J connectivity index is 1.71. The number of aryl methyl sites for hydroxylation is 2. The first kappa shape index (κ1) is 21.0. The topological polar surface area (TPSA) is 23.8 Å². The van der Waals surface area contributed by atoms with Crippen LogP contribution >= 0.6 is 0 Å². The third-order valence-electron chi connectivity index (χ3n) is 4.98. The molecule has 3 rings (SSSR count). The molecule has 3 aromatic carbocycles. The normalized spacial score (nSPS) is 9.63. The molecule has 0 aliphatic heterocycles. The van der Waals surface area contributed by atoms with Crippen molar-refractivity contribution < 1.29 is 0 Å². The van der Waals surface area contributed by atoms with E-state index in [2.05, 4.69) is 67.0 Å². The maximum Gasteiger partial charge on any atom is 0.100 e. The predicted octanol–water partition coefficient (Wildman–Crippen LogP) is 6.40. The zero-order valence-electron chi connectivity index (χ0n) is 17.6. The molecule has 0 radical (unpaired) electrons. The van der Waals surface area contributed by atoms with Crippen LogP contribution in [-0.4, -0.2) is 0 Å². The third kappa shape index (κ3) is 5.88. The van der Waals surface area contributed by atoms with Crippen molar-refractivity contribution in [2.45, 2.75) is 39.5 Å². The quantitative estimate of drug-likeness (QED) is 0.375. The van der Waals surface area contributed by atoms with Crippen LogP contribution in [0.15, 0.2) is 66.7 Å². The van der Waals surface area contributed by atoms with Crippen molar-refractivity contribution in [1.82, 2.24) is 0 Å². The molecule has 146 valence electrons. The summed E-state index contributed by atoms with van der Waals surface area (Å²) in [5.41, 5.74) is 6.76. The van der Waals surface area contributed by atoms with E-state index in [1.165, 1.54) is 24.8 Å². The summed E-state index contributed by atoms with van der Waals surface area (Å²) in [6, 6.07) is 24.2. The highest BCUT2D eigenvalue weighted by Gasteiger charge is 1.99. The summed E-state index contributed by atoms with van der Waals surface area (Å²) in [6.07, 6.45) is 4.92. The maximum atomic E-state index is 9.19. The van der Waals surface area contributed by atoms with Crippen LogP contribution < -0.4 is 0 Å². The number of hydrogen-bond acceptors (Lipinski definition) is 1. The molecule has 0 saturated carbocycles. The largest absolute Gasteiger partial charge is 0.192 e. The van der Waals surface area contributed by atoms with Gasteiger partial charge in [-0.3, -0.25) is 0 Å². The predicted molar refractivity (Wildman–Crippen MR) is 124 cm³/mol. The molecule has 0 amide bonds. The lowest BCUT2D eigenvalue weighted by atomic mass is 10.0. The van der Waals surface area contributed by atoms with E-state index in [0.29, 0.717) is 5.56 Å². The van der Waals surface area contributed by atoms with Crippen LogP contribution in [0.3, 0.4) is 0 Å². The van der Waals surface area contributed by atoms with E-state index >= 15 is 0 Å². The molecule has 0 heterocycles. The first-order valence-electron chi connectivity index (χ1n) is 10.4. The molecule has 0 fully saturated rings. The Labute approximate surface area is 180 Å². The molecule has 0 spiro atoms. The van der Waals surface area contributed by atoms with Crippen LogP contribution in [0, 0.1) is 41.9 Å². The maximum absolute atomic E-state index is 9.19. The van der Waals surface area contributed by atoms with E-state index in [1.807, 2.05) is 37.3 Å². The molecule has 0 atom stereocenters. The number of unbranched alkanes of at least 4 members (excludes halogenated alkanes) is 2. The van der Waals surface area contributed by atoms with Crippen LogP contribution in [0.1, 0.15) is 65.1 Å². The van der Waals surface area contributed by atoms with Crippen LogP contribution in [-0.2, 0) is 6.42 Å². The molecule has 0 aliphatic rings. The van der Waals surface area contributed by atoms with E-state index in [-0.39, 0.29) is 0 Å². The van der Waals surface area contributed by atoms with E-state index in [4.69, 9.17) is 0 Å². The Morgan fingerprint density at radius 1 is 0.700 bits per heavy atom. The smallest absolute Gasteiger partial charge is 0.100 e. The zero-order chi connectivity index (χ0) is 21.2. The van der Waals surface area contributed by atoms with Gasteiger partial charge in [0.05, 0.1) is 5.56 Å². The fourth-order valence-electron chi connectivity index (χ4n) is 3.18. The third-order valence-corrected chi connectivity index (χ3v) is 4.98. The van der Waals surface area contributed by atoms with Gasteiger partial charge in [-0.2, -0.15) is 5.26 Å². The summed E-state index contributed by atoms with van der Waals surface area (Å²) in [5, 5.41) is 9.19. The molecule has 0 aliphatic carbocycles. The van der Waals surface area contributed by atoms with Crippen molar-refractivity contribution in [3.8, 4) is 29.8 Å². The summed E-state index contributed by atoms with van der Waals surface area (Å²) in [4.78, 5) is 0. The summed E-state index contributed by atoms with van der Waals surface area (Å²) in [6.45, 7) is 4.27. The minimum atomic E-state index is 0.599. The van der Waals surface area contributed by atoms with Gasteiger partial charge in [0.25, 0.3) is 0 Å².